The molecule has 1 N–H and O–H groups in total. The van der Waals surface area contributed by atoms with Crippen LogP contribution in [0, 0.1) is 41.5 Å². The fraction of sp³-hybridized carbons (Fsp3) is 0.226. The minimum absolute atomic E-state index is 0.110. The lowest BCUT2D eigenvalue weighted by molar-refractivity contribution is -0.119. The monoisotopic (exact) mass is 542 g/mol. The molecule has 0 spiro atoms. The van der Waals surface area contributed by atoms with Gasteiger partial charge in [0.25, 0.3) is 15.9 Å². The Morgan fingerprint density at radius 1 is 0.872 bits per heavy atom. The van der Waals surface area contributed by atoms with Gasteiger partial charge in [-0.05, 0) is 94.6 Å². The number of sulfonamides is 1. The van der Waals surface area contributed by atoms with E-state index < -0.39 is 22.5 Å². The van der Waals surface area contributed by atoms with Gasteiger partial charge in [-0.15, -0.1) is 0 Å². The molecule has 0 radical (unpaired) electrons. The third-order valence-electron chi connectivity index (χ3n) is 6.57. The lowest BCUT2D eigenvalue weighted by atomic mass is 10.1. The maximum absolute atomic E-state index is 13.6. The Hall–Kier alpha value is -4.17. The van der Waals surface area contributed by atoms with Crippen LogP contribution in [0.1, 0.15) is 39.2 Å². The second-order valence-electron chi connectivity index (χ2n) is 9.92. The van der Waals surface area contributed by atoms with Gasteiger partial charge in [0.15, 0.2) is 0 Å². The number of amides is 1. The number of aromatic nitrogens is 1. The lowest BCUT2D eigenvalue weighted by Gasteiger charge is -2.24. The molecule has 0 unspecified atom stereocenters. The predicted molar refractivity (Wildman–Crippen MR) is 157 cm³/mol. The summed E-state index contributed by atoms with van der Waals surface area (Å²) in [4.78, 5) is 13.1. The molecule has 4 rings (SSSR count). The third kappa shape index (κ3) is 6.12. The number of nitrogens with one attached hydrogen (secondary N) is 1. The van der Waals surface area contributed by atoms with Crippen LogP contribution in [0.2, 0.25) is 0 Å². The van der Waals surface area contributed by atoms with E-state index in [9.17, 15) is 13.2 Å². The van der Waals surface area contributed by atoms with Gasteiger partial charge in [-0.25, -0.2) is 13.8 Å². The molecule has 0 fully saturated rings. The van der Waals surface area contributed by atoms with Crippen molar-refractivity contribution in [2.75, 3.05) is 10.8 Å². The second-order valence-corrected chi connectivity index (χ2v) is 11.8. The fourth-order valence-electron chi connectivity index (χ4n) is 4.81. The summed E-state index contributed by atoms with van der Waals surface area (Å²) in [5.41, 5.74) is 11.1. The smallest absolute Gasteiger partial charge is 0.264 e. The molecule has 0 saturated heterocycles. The summed E-state index contributed by atoms with van der Waals surface area (Å²) < 4.78 is 30.4. The van der Waals surface area contributed by atoms with Gasteiger partial charge >= 0.3 is 0 Å². The summed E-state index contributed by atoms with van der Waals surface area (Å²) in [7, 11) is -3.99. The minimum Gasteiger partial charge on any atom is -0.318 e. The van der Waals surface area contributed by atoms with Gasteiger partial charge in [0.1, 0.15) is 6.54 Å². The average molecular weight is 543 g/mol. The summed E-state index contributed by atoms with van der Waals surface area (Å²) in [6.45, 7) is 11.5. The zero-order valence-electron chi connectivity index (χ0n) is 23.2. The van der Waals surface area contributed by atoms with E-state index in [-0.39, 0.29) is 4.90 Å². The number of anilines is 1. The first-order chi connectivity index (χ1) is 18.5. The van der Waals surface area contributed by atoms with Crippen LogP contribution in [0.4, 0.5) is 5.69 Å². The molecule has 4 aromatic rings. The molecule has 1 aromatic heterocycles. The molecule has 39 heavy (non-hydrogen) atoms. The Kier molecular flexibility index (Phi) is 8.06. The molecule has 202 valence electrons. The summed E-state index contributed by atoms with van der Waals surface area (Å²) in [6.07, 6.45) is 1.59. The molecule has 0 aliphatic rings. The Morgan fingerprint density at radius 3 is 2.18 bits per heavy atom. The van der Waals surface area contributed by atoms with Crippen LogP contribution in [0.3, 0.4) is 0 Å². The predicted octanol–water partition coefficient (Wildman–Crippen LogP) is 5.67. The van der Waals surface area contributed by atoms with E-state index in [0.29, 0.717) is 5.69 Å². The molecule has 0 aliphatic carbocycles. The topological polar surface area (TPSA) is 83.8 Å². The SMILES string of the molecule is Cc1cc(C)cc(N(CC(=O)N/N=C\c2cc(C)n(-c3ccc(C)cc3C)c2C)S(=O)(=O)c2ccccc2)c1. The van der Waals surface area contributed by atoms with Crippen molar-refractivity contribution >= 4 is 27.8 Å². The van der Waals surface area contributed by atoms with E-state index in [0.717, 1.165) is 38.1 Å². The quantitative estimate of drug-likeness (QED) is 0.230. The van der Waals surface area contributed by atoms with Crippen molar-refractivity contribution in [2.24, 2.45) is 5.10 Å². The molecular weight excluding hydrogens is 508 g/mol. The third-order valence-corrected chi connectivity index (χ3v) is 8.36. The highest BCUT2D eigenvalue weighted by molar-refractivity contribution is 7.92. The van der Waals surface area contributed by atoms with Gasteiger partial charge in [-0.1, -0.05) is 42.0 Å². The number of aryl methyl sites for hydroxylation is 5. The molecule has 1 amide bonds. The van der Waals surface area contributed by atoms with Crippen LogP contribution in [0.15, 0.2) is 82.8 Å². The average Bonchev–Trinajstić information content (AvgIpc) is 3.15. The first kappa shape index (κ1) is 27.9. The van der Waals surface area contributed by atoms with Crippen LogP contribution < -0.4 is 9.73 Å². The van der Waals surface area contributed by atoms with Crippen LogP contribution in [0.25, 0.3) is 5.69 Å². The highest BCUT2D eigenvalue weighted by atomic mass is 32.2. The Morgan fingerprint density at radius 2 is 1.54 bits per heavy atom. The van der Waals surface area contributed by atoms with E-state index in [2.05, 4.69) is 47.1 Å². The van der Waals surface area contributed by atoms with Crippen molar-refractivity contribution in [3.63, 3.8) is 0 Å². The maximum Gasteiger partial charge on any atom is 0.264 e. The van der Waals surface area contributed by atoms with E-state index in [4.69, 9.17) is 0 Å². The van der Waals surface area contributed by atoms with Crippen molar-refractivity contribution < 1.29 is 13.2 Å². The highest BCUT2D eigenvalue weighted by Crippen LogP contribution is 2.26. The molecule has 0 bridgehead atoms. The number of rotatable bonds is 8. The van der Waals surface area contributed by atoms with Crippen LogP contribution in [-0.2, 0) is 14.8 Å². The maximum atomic E-state index is 13.6. The van der Waals surface area contributed by atoms with Crippen molar-refractivity contribution in [1.29, 1.82) is 0 Å². The molecule has 8 heteroatoms. The number of benzene rings is 3. The number of carbonyl (C=O) groups is 1. The number of hydrogen-bond donors (Lipinski definition) is 1. The number of carbonyl (C=O) groups excluding carboxylic acids is 1. The first-order valence-corrected chi connectivity index (χ1v) is 14.2. The Bertz CT molecular complexity index is 1630. The molecule has 0 saturated carbocycles. The Labute approximate surface area is 230 Å². The van der Waals surface area contributed by atoms with Crippen molar-refractivity contribution in [3.05, 3.63) is 112 Å². The van der Waals surface area contributed by atoms with Gasteiger partial charge in [-0.2, -0.15) is 5.10 Å². The van der Waals surface area contributed by atoms with E-state index in [1.165, 1.54) is 23.3 Å². The van der Waals surface area contributed by atoms with Gasteiger partial charge in [-0.3, -0.25) is 9.10 Å². The van der Waals surface area contributed by atoms with E-state index in [1.54, 1.807) is 36.5 Å². The van der Waals surface area contributed by atoms with E-state index in [1.807, 2.05) is 39.8 Å². The normalized spacial score (nSPS) is 11.6. The zero-order valence-corrected chi connectivity index (χ0v) is 24.0. The molecule has 0 atom stereocenters. The van der Waals surface area contributed by atoms with Crippen molar-refractivity contribution in [3.8, 4) is 5.69 Å². The van der Waals surface area contributed by atoms with Gasteiger partial charge < -0.3 is 4.57 Å². The standard InChI is InChI=1S/C31H34N4O3S/c1-21-12-13-30(24(4)15-21)35-25(5)18-27(26(35)6)19-32-33-31(36)20-34(28-16-22(2)14-23(3)17-28)39(37,38)29-10-8-7-9-11-29/h7-19H,20H2,1-6H3,(H,33,36)/b32-19-. The molecule has 3 aromatic carbocycles. The number of hydrazone groups is 1. The number of hydrogen-bond acceptors (Lipinski definition) is 4. The lowest BCUT2D eigenvalue weighted by Crippen LogP contribution is -2.39. The molecule has 1 heterocycles. The molecular formula is C31H34N4O3S. The van der Waals surface area contributed by atoms with Crippen LogP contribution >= 0.6 is 0 Å². The summed E-state index contributed by atoms with van der Waals surface area (Å²) in [6, 6.07) is 21.9. The largest absolute Gasteiger partial charge is 0.318 e. The fourth-order valence-corrected chi connectivity index (χ4v) is 6.24. The van der Waals surface area contributed by atoms with Gasteiger partial charge in [0, 0.05) is 22.6 Å². The van der Waals surface area contributed by atoms with E-state index >= 15 is 0 Å². The minimum atomic E-state index is -3.99. The van der Waals surface area contributed by atoms with Crippen LogP contribution in [-0.4, -0.2) is 31.7 Å². The van der Waals surface area contributed by atoms with Crippen LogP contribution in [0.5, 0.6) is 0 Å². The zero-order chi connectivity index (χ0) is 28.3. The highest BCUT2D eigenvalue weighted by Gasteiger charge is 2.27. The summed E-state index contributed by atoms with van der Waals surface area (Å²) in [5.74, 6) is -0.548. The Balaban J connectivity index is 1.58. The summed E-state index contributed by atoms with van der Waals surface area (Å²) >= 11 is 0. The van der Waals surface area contributed by atoms with Crippen molar-refractivity contribution in [1.82, 2.24) is 9.99 Å². The molecule has 7 nitrogen and oxygen atoms in total. The van der Waals surface area contributed by atoms with Gasteiger partial charge in [0.2, 0.25) is 0 Å². The van der Waals surface area contributed by atoms with Gasteiger partial charge in [0.05, 0.1) is 16.8 Å². The van der Waals surface area contributed by atoms with Crippen molar-refractivity contribution in [2.45, 2.75) is 46.4 Å². The number of nitrogens with zero attached hydrogens (tertiary/aromatic N) is 3. The second kappa shape index (κ2) is 11.3. The summed E-state index contributed by atoms with van der Waals surface area (Å²) in [5, 5.41) is 4.16. The molecule has 0 aliphatic heterocycles. The first-order valence-electron chi connectivity index (χ1n) is 12.7.